The molecule has 0 aromatic carbocycles. The first-order chi connectivity index (χ1) is 15.4. The highest BCUT2D eigenvalue weighted by Crippen LogP contribution is 2.24. The fourth-order valence-electron chi connectivity index (χ4n) is 4.29. The lowest BCUT2D eigenvalue weighted by Gasteiger charge is -2.19. The SMILES string of the molecule is Cc1cn2nc(-c3cc(=O)n4cc(N5CCC(CNC(=O)O)C5)ccc4n3)cc2c(C)n1. The number of hydrogen-bond acceptors (Lipinski definition) is 6. The van der Waals surface area contributed by atoms with E-state index < -0.39 is 6.09 Å². The lowest BCUT2D eigenvalue weighted by Crippen LogP contribution is -2.29. The van der Waals surface area contributed by atoms with Crippen molar-refractivity contribution >= 4 is 22.9 Å². The Morgan fingerprint density at radius 2 is 2.03 bits per heavy atom. The average Bonchev–Trinajstić information content (AvgIpc) is 3.39. The maximum absolute atomic E-state index is 12.9. The zero-order valence-electron chi connectivity index (χ0n) is 17.8. The normalized spacial score (nSPS) is 16.2. The van der Waals surface area contributed by atoms with Crippen LogP contribution in [0, 0.1) is 19.8 Å². The molecule has 164 valence electrons. The summed E-state index contributed by atoms with van der Waals surface area (Å²) in [6.07, 6.45) is 3.53. The molecule has 10 heteroatoms. The van der Waals surface area contributed by atoms with E-state index in [4.69, 9.17) is 5.11 Å². The van der Waals surface area contributed by atoms with Crippen LogP contribution in [0.25, 0.3) is 22.6 Å². The smallest absolute Gasteiger partial charge is 0.404 e. The van der Waals surface area contributed by atoms with Crippen LogP contribution < -0.4 is 15.8 Å². The predicted molar refractivity (Wildman–Crippen MR) is 119 cm³/mol. The van der Waals surface area contributed by atoms with E-state index >= 15 is 0 Å². The number of carboxylic acid groups (broad SMARTS) is 1. The number of amides is 1. The minimum Gasteiger partial charge on any atom is -0.465 e. The molecule has 5 rings (SSSR count). The third-order valence-electron chi connectivity index (χ3n) is 5.86. The molecule has 1 aliphatic rings. The first-order valence-corrected chi connectivity index (χ1v) is 10.5. The predicted octanol–water partition coefficient (Wildman–Crippen LogP) is 2.11. The van der Waals surface area contributed by atoms with Crippen LogP contribution >= 0.6 is 0 Å². The first-order valence-electron chi connectivity index (χ1n) is 10.5. The minimum absolute atomic E-state index is 0.182. The lowest BCUT2D eigenvalue weighted by atomic mass is 10.1. The number of carbonyl (C=O) groups is 1. The summed E-state index contributed by atoms with van der Waals surface area (Å²) < 4.78 is 3.30. The van der Waals surface area contributed by atoms with Crippen LogP contribution in [0.2, 0.25) is 0 Å². The van der Waals surface area contributed by atoms with Gasteiger partial charge in [-0.2, -0.15) is 5.10 Å². The van der Waals surface area contributed by atoms with Crippen LogP contribution in [0.1, 0.15) is 17.8 Å². The van der Waals surface area contributed by atoms with Crippen molar-refractivity contribution in [1.82, 2.24) is 29.3 Å². The molecule has 0 saturated carbocycles. The quantitative estimate of drug-likeness (QED) is 0.506. The maximum atomic E-state index is 12.9. The van der Waals surface area contributed by atoms with Gasteiger partial charge >= 0.3 is 6.09 Å². The molecule has 1 saturated heterocycles. The van der Waals surface area contributed by atoms with E-state index in [1.165, 1.54) is 10.5 Å². The number of aromatic nitrogens is 5. The second kappa shape index (κ2) is 7.63. The highest BCUT2D eigenvalue weighted by atomic mass is 16.4. The van der Waals surface area contributed by atoms with Gasteiger partial charge in [-0.3, -0.25) is 14.2 Å². The van der Waals surface area contributed by atoms with E-state index in [0.717, 1.165) is 42.1 Å². The molecule has 4 aromatic rings. The zero-order chi connectivity index (χ0) is 22.4. The van der Waals surface area contributed by atoms with Crippen molar-refractivity contribution in [2.75, 3.05) is 24.5 Å². The number of hydrogen-bond donors (Lipinski definition) is 2. The largest absolute Gasteiger partial charge is 0.465 e. The van der Waals surface area contributed by atoms with Crippen LogP contribution in [-0.4, -0.2) is 54.8 Å². The van der Waals surface area contributed by atoms with Crippen molar-refractivity contribution in [3.05, 3.63) is 58.4 Å². The standard InChI is InChI=1S/C22H23N7O3/c1-13-10-29-19(14(2)24-13)7-18(26-29)17-8-21(30)28-12-16(3-4-20(28)25-17)27-6-5-15(11-27)9-23-22(31)32/h3-4,7-8,10,12,15,23H,5-6,9,11H2,1-2H3,(H,31,32). The fourth-order valence-corrected chi connectivity index (χ4v) is 4.29. The third-order valence-corrected chi connectivity index (χ3v) is 5.86. The summed E-state index contributed by atoms with van der Waals surface area (Å²) in [7, 11) is 0. The minimum atomic E-state index is -1.00. The van der Waals surface area contributed by atoms with Crippen molar-refractivity contribution in [3.63, 3.8) is 0 Å². The molecule has 10 nitrogen and oxygen atoms in total. The Balaban J connectivity index is 1.45. The van der Waals surface area contributed by atoms with Gasteiger partial charge in [-0.25, -0.2) is 14.3 Å². The van der Waals surface area contributed by atoms with Gasteiger partial charge in [0.1, 0.15) is 11.3 Å². The number of fused-ring (bicyclic) bond motifs is 2. The molecule has 1 amide bonds. The summed E-state index contributed by atoms with van der Waals surface area (Å²) in [4.78, 5) is 34.9. The molecule has 1 atom stereocenters. The van der Waals surface area contributed by atoms with Gasteiger partial charge < -0.3 is 15.3 Å². The summed E-state index contributed by atoms with van der Waals surface area (Å²) in [5, 5.41) is 15.8. The Morgan fingerprint density at radius 3 is 2.84 bits per heavy atom. The summed E-state index contributed by atoms with van der Waals surface area (Å²) in [5.74, 6) is 0.246. The Labute approximate surface area is 183 Å². The van der Waals surface area contributed by atoms with E-state index in [1.807, 2.05) is 38.2 Å². The van der Waals surface area contributed by atoms with Crippen molar-refractivity contribution in [2.24, 2.45) is 5.92 Å². The first kappa shape index (κ1) is 20.0. The van der Waals surface area contributed by atoms with Gasteiger partial charge in [0.2, 0.25) is 0 Å². The van der Waals surface area contributed by atoms with Gasteiger partial charge in [-0.05, 0) is 44.4 Å². The van der Waals surface area contributed by atoms with E-state index in [0.29, 0.717) is 23.6 Å². The topological polar surface area (TPSA) is 117 Å². The Hall–Kier alpha value is -3.95. The van der Waals surface area contributed by atoms with Crippen molar-refractivity contribution in [2.45, 2.75) is 20.3 Å². The molecule has 2 N–H and O–H groups in total. The van der Waals surface area contributed by atoms with Crippen LogP contribution in [0.15, 0.2) is 41.5 Å². The molecule has 0 radical (unpaired) electrons. The van der Waals surface area contributed by atoms with E-state index in [9.17, 15) is 9.59 Å². The van der Waals surface area contributed by atoms with Crippen molar-refractivity contribution in [3.8, 4) is 11.4 Å². The monoisotopic (exact) mass is 433 g/mol. The average molecular weight is 433 g/mol. The van der Waals surface area contributed by atoms with Gasteiger partial charge in [-0.15, -0.1) is 0 Å². The Kier molecular flexibility index (Phi) is 4.76. The Bertz CT molecular complexity index is 1410. The number of anilines is 1. The number of aryl methyl sites for hydroxylation is 2. The molecule has 1 unspecified atom stereocenters. The summed E-state index contributed by atoms with van der Waals surface area (Å²) in [6, 6.07) is 7.16. The highest BCUT2D eigenvalue weighted by molar-refractivity contribution is 5.66. The van der Waals surface area contributed by atoms with Gasteiger partial charge in [0.25, 0.3) is 5.56 Å². The second-order valence-corrected chi connectivity index (χ2v) is 8.21. The molecule has 4 aromatic heterocycles. The van der Waals surface area contributed by atoms with E-state index in [1.54, 1.807) is 10.7 Å². The van der Waals surface area contributed by atoms with Crippen LogP contribution in [0.5, 0.6) is 0 Å². The highest BCUT2D eigenvalue weighted by Gasteiger charge is 2.23. The Morgan fingerprint density at radius 1 is 1.19 bits per heavy atom. The summed E-state index contributed by atoms with van der Waals surface area (Å²) >= 11 is 0. The summed E-state index contributed by atoms with van der Waals surface area (Å²) in [6.45, 7) is 5.82. The number of nitrogens with one attached hydrogen (secondary N) is 1. The lowest BCUT2D eigenvalue weighted by molar-refractivity contribution is 0.192. The fraction of sp³-hybridized carbons (Fsp3) is 0.318. The molecular formula is C22H23N7O3. The van der Waals surface area contributed by atoms with Crippen LogP contribution in [0.4, 0.5) is 10.5 Å². The van der Waals surface area contributed by atoms with Crippen LogP contribution in [0.3, 0.4) is 0 Å². The second-order valence-electron chi connectivity index (χ2n) is 8.21. The van der Waals surface area contributed by atoms with E-state index in [-0.39, 0.29) is 11.5 Å². The molecule has 0 bridgehead atoms. The van der Waals surface area contributed by atoms with Crippen molar-refractivity contribution in [1.29, 1.82) is 0 Å². The van der Waals surface area contributed by atoms with Gasteiger partial charge in [-0.1, -0.05) is 0 Å². The van der Waals surface area contributed by atoms with Crippen molar-refractivity contribution < 1.29 is 9.90 Å². The third kappa shape index (κ3) is 3.64. The van der Waals surface area contributed by atoms with Gasteiger partial charge in [0.05, 0.1) is 34.5 Å². The summed E-state index contributed by atoms with van der Waals surface area (Å²) in [5.41, 5.74) is 5.03. The number of rotatable bonds is 4. The van der Waals surface area contributed by atoms with E-state index in [2.05, 4.69) is 25.3 Å². The number of nitrogens with zero attached hydrogens (tertiary/aromatic N) is 6. The molecular weight excluding hydrogens is 410 g/mol. The zero-order valence-corrected chi connectivity index (χ0v) is 17.8. The number of pyridine rings is 1. The molecule has 5 heterocycles. The van der Waals surface area contributed by atoms with Gasteiger partial charge in [0, 0.05) is 31.9 Å². The maximum Gasteiger partial charge on any atom is 0.404 e. The van der Waals surface area contributed by atoms with Gasteiger partial charge in [0.15, 0.2) is 0 Å². The molecule has 0 spiro atoms. The molecule has 1 fully saturated rings. The molecule has 32 heavy (non-hydrogen) atoms. The molecule has 0 aliphatic carbocycles. The molecule has 1 aliphatic heterocycles. The van der Waals surface area contributed by atoms with Crippen LogP contribution in [-0.2, 0) is 0 Å².